The van der Waals surface area contributed by atoms with Crippen LogP contribution in [0.2, 0.25) is 10.0 Å². The van der Waals surface area contributed by atoms with E-state index in [1.807, 2.05) is 6.07 Å². The van der Waals surface area contributed by atoms with Gasteiger partial charge >= 0.3 is 0 Å². The van der Waals surface area contributed by atoms with Crippen molar-refractivity contribution in [1.29, 1.82) is 0 Å². The molecule has 1 fully saturated rings. The number of nitrogens with zero attached hydrogens (tertiary/aromatic N) is 1. The lowest BCUT2D eigenvalue weighted by Crippen LogP contribution is -2.28. The van der Waals surface area contributed by atoms with Crippen molar-refractivity contribution in [3.63, 3.8) is 0 Å². The Balaban J connectivity index is 1.65. The highest BCUT2D eigenvalue weighted by molar-refractivity contribution is 8.18. The van der Waals surface area contributed by atoms with Crippen molar-refractivity contribution in [3.8, 4) is 18.1 Å². The number of hydrogen-bond donors (Lipinski definition) is 0. The van der Waals surface area contributed by atoms with Crippen LogP contribution in [0, 0.1) is 12.3 Å². The Kier molecular flexibility index (Phi) is 6.12. The molecule has 0 spiro atoms. The molecule has 0 aromatic heterocycles. The van der Waals surface area contributed by atoms with E-state index in [2.05, 4.69) is 5.92 Å². The van der Waals surface area contributed by atoms with Crippen molar-refractivity contribution in [1.82, 2.24) is 4.90 Å². The van der Waals surface area contributed by atoms with E-state index in [-0.39, 0.29) is 17.7 Å². The van der Waals surface area contributed by atoms with E-state index in [9.17, 15) is 9.59 Å². The van der Waals surface area contributed by atoms with Crippen molar-refractivity contribution in [3.05, 3.63) is 68.5 Å². The Morgan fingerprint density at radius 3 is 2.52 bits per heavy atom. The summed E-state index contributed by atoms with van der Waals surface area (Å²) in [5.74, 6) is 2.60. The van der Waals surface area contributed by atoms with Gasteiger partial charge in [0.25, 0.3) is 11.1 Å². The molecule has 7 heteroatoms. The van der Waals surface area contributed by atoms with Crippen molar-refractivity contribution in [2.75, 3.05) is 6.54 Å². The van der Waals surface area contributed by atoms with Gasteiger partial charge in [0.15, 0.2) is 0 Å². The highest BCUT2D eigenvalue weighted by Crippen LogP contribution is 2.32. The number of imide groups is 1. The third-order valence-corrected chi connectivity index (χ3v) is 5.34. The van der Waals surface area contributed by atoms with Gasteiger partial charge in [0.2, 0.25) is 0 Å². The van der Waals surface area contributed by atoms with Gasteiger partial charge in [-0.1, -0.05) is 47.3 Å². The number of benzene rings is 2. The standard InChI is InChI=1S/C20H13Cl2NO3S/c1-2-9-23-19(24)18(27-20(23)25)11-13-3-6-15(7-4-13)26-12-14-5-8-16(21)17(22)10-14/h1,3-8,10-11H,9,12H2/b18-11-. The van der Waals surface area contributed by atoms with E-state index < -0.39 is 0 Å². The molecule has 3 rings (SSSR count). The van der Waals surface area contributed by atoms with Crippen molar-refractivity contribution in [2.45, 2.75) is 6.61 Å². The number of carbonyl (C=O) groups excluding carboxylic acids is 2. The maximum atomic E-state index is 12.2. The average Bonchev–Trinajstić information content (AvgIpc) is 2.92. The highest BCUT2D eigenvalue weighted by Gasteiger charge is 2.34. The van der Waals surface area contributed by atoms with Gasteiger partial charge in [0.05, 0.1) is 21.5 Å². The molecule has 1 heterocycles. The minimum atomic E-state index is -0.372. The van der Waals surface area contributed by atoms with Crippen LogP contribution in [0.15, 0.2) is 47.4 Å². The number of rotatable bonds is 5. The first-order valence-electron chi connectivity index (χ1n) is 7.83. The Morgan fingerprint density at radius 2 is 1.85 bits per heavy atom. The van der Waals surface area contributed by atoms with Crippen LogP contribution < -0.4 is 4.74 Å². The monoisotopic (exact) mass is 417 g/mol. The minimum absolute atomic E-state index is 0.0243. The molecule has 2 aromatic rings. The van der Waals surface area contributed by atoms with Gasteiger partial charge in [-0.3, -0.25) is 14.5 Å². The zero-order valence-corrected chi connectivity index (χ0v) is 16.3. The van der Waals surface area contributed by atoms with Crippen molar-refractivity contribution < 1.29 is 14.3 Å². The lowest BCUT2D eigenvalue weighted by molar-refractivity contribution is -0.122. The van der Waals surface area contributed by atoms with E-state index in [0.29, 0.717) is 27.3 Å². The molecule has 4 nitrogen and oxygen atoms in total. The van der Waals surface area contributed by atoms with Gasteiger partial charge in [-0.05, 0) is 53.2 Å². The number of thioether (sulfide) groups is 1. The lowest BCUT2D eigenvalue weighted by atomic mass is 10.2. The summed E-state index contributed by atoms with van der Waals surface area (Å²) < 4.78 is 5.72. The summed E-state index contributed by atoms with van der Waals surface area (Å²) in [6.07, 6.45) is 6.84. The third-order valence-electron chi connectivity index (χ3n) is 3.69. The van der Waals surface area contributed by atoms with Crippen LogP contribution in [0.3, 0.4) is 0 Å². The van der Waals surface area contributed by atoms with E-state index in [0.717, 1.165) is 27.8 Å². The molecular formula is C20H13Cl2NO3S. The van der Waals surface area contributed by atoms with Gasteiger partial charge in [0.1, 0.15) is 12.4 Å². The summed E-state index contributed by atoms with van der Waals surface area (Å²) in [6, 6.07) is 12.5. The second-order valence-corrected chi connectivity index (χ2v) is 7.39. The number of amides is 2. The van der Waals surface area contributed by atoms with E-state index in [4.69, 9.17) is 34.4 Å². The summed E-state index contributed by atoms with van der Waals surface area (Å²) in [6.45, 7) is 0.324. The first-order valence-corrected chi connectivity index (χ1v) is 9.41. The average molecular weight is 418 g/mol. The minimum Gasteiger partial charge on any atom is -0.489 e. The van der Waals surface area contributed by atoms with Crippen molar-refractivity contribution in [2.24, 2.45) is 0 Å². The maximum Gasteiger partial charge on any atom is 0.294 e. The fourth-order valence-electron chi connectivity index (χ4n) is 2.34. The largest absolute Gasteiger partial charge is 0.489 e. The third kappa shape index (κ3) is 4.67. The molecule has 1 saturated heterocycles. The second kappa shape index (κ2) is 8.53. The Morgan fingerprint density at radius 1 is 1.11 bits per heavy atom. The van der Waals surface area contributed by atoms with Crippen LogP contribution in [-0.2, 0) is 11.4 Å². The summed E-state index contributed by atoms with van der Waals surface area (Å²) in [5, 5.41) is 0.620. The predicted molar refractivity (Wildman–Crippen MR) is 109 cm³/mol. The molecule has 0 aliphatic carbocycles. The molecule has 27 heavy (non-hydrogen) atoms. The Hall–Kier alpha value is -2.39. The van der Waals surface area contributed by atoms with Crippen LogP contribution >= 0.6 is 35.0 Å². The van der Waals surface area contributed by atoms with E-state index >= 15 is 0 Å². The fourth-order valence-corrected chi connectivity index (χ4v) is 3.49. The smallest absolute Gasteiger partial charge is 0.294 e. The number of carbonyl (C=O) groups is 2. The molecule has 0 unspecified atom stereocenters. The normalized spacial score (nSPS) is 15.3. The summed E-state index contributed by atoms with van der Waals surface area (Å²) in [4.78, 5) is 25.3. The van der Waals surface area contributed by atoms with Gasteiger partial charge in [-0.25, -0.2) is 0 Å². The molecule has 0 radical (unpaired) electrons. The van der Waals surface area contributed by atoms with Gasteiger partial charge < -0.3 is 4.74 Å². The molecule has 1 aliphatic rings. The molecule has 2 amide bonds. The molecule has 0 atom stereocenters. The van der Waals surface area contributed by atoms with Gasteiger partial charge in [0, 0.05) is 0 Å². The molecule has 0 bridgehead atoms. The second-order valence-electron chi connectivity index (χ2n) is 5.58. The fraction of sp³-hybridized carbons (Fsp3) is 0.100. The SMILES string of the molecule is C#CCN1C(=O)S/C(=C\c2ccc(OCc3ccc(Cl)c(Cl)c3)cc2)C1=O. The van der Waals surface area contributed by atoms with Crippen LogP contribution in [-0.4, -0.2) is 22.6 Å². The summed E-state index contributed by atoms with van der Waals surface area (Å²) in [7, 11) is 0. The Bertz CT molecular complexity index is 964. The lowest BCUT2D eigenvalue weighted by Gasteiger charge is -2.08. The van der Waals surface area contributed by atoms with Crippen molar-refractivity contribution >= 4 is 52.2 Å². The Labute approximate surface area is 171 Å². The van der Waals surface area contributed by atoms with Crippen LogP contribution in [0.1, 0.15) is 11.1 Å². The molecule has 0 N–H and O–H groups in total. The topological polar surface area (TPSA) is 46.6 Å². The van der Waals surface area contributed by atoms with Gasteiger partial charge in [-0.2, -0.15) is 0 Å². The molecular weight excluding hydrogens is 405 g/mol. The van der Waals surface area contributed by atoms with E-state index in [1.54, 1.807) is 42.5 Å². The first kappa shape index (κ1) is 19.4. The summed E-state index contributed by atoms with van der Waals surface area (Å²) >= 11 is 12.8. The summed E-state index contributed by atoms with van der Waals surface area (Å²) in [5.41, 5.74) is 1.68. The maximum absolute atomic E-state index is 12.2. The zero-order chi connectivity index (χ0) is 19.4. The number of halogens is 2. The molecule has 0 saturated carbocycles. The number of hydrogen-bond acceptors (Lipinski definition) is 4. The van der Waals surface area contributed by atoms with Gasteiger partial charge in [-0.15, -0.1) is 6.42 Å². The van der Waals surface area contributed by atoms with E-state index in [1.165, 1.54) is 0 Å². The molecule has 2 aromatic carbocycles. The van der Waals surface area contributed by atoms with Crippen LogP contribution in [0.4, 0.5) is 4.79 Å². The molecule has 1 aliphatic heterocycles. The number of ether oxygens (including phenoxy) is 1. The quantitative estimate of drug-likeness (QED) is 0.492. The predicted octanol–water partition coefficient (Wildman–Crippen LogP) is 5.24. The van der Waals surface area contributed by atoms with Crippen LogP contribution in [0.25, 0.3) is 6.08 Å². The molecule has 136 valence electrons. The highest BCUT2D eigenvalue weighted by atomic mass is 35.5. The zero-order valence-electron chi connectivity index (χ0n) is 13.9. The number of terminal acetylenes is 1. The van der Waals surface area contributed by atoms with Crippen LogP contribution in [0.5, 0.6) is 5.75 Å². The first-order chi connectivity index (χ1) is 13.0.